The summed E-state index contributed by atoms with van der Waals surface area (Å²) in [6.07, 6.45) is 3.77. The van der Waals surface area contributed by atoms with Gasteiger partial charge in [0, 0.05) is 6.54 Å². The van der Waals surface area contributed by atoms with Crippen LogP contribution >= 0.6 is 0 Å². The smallest absolute Gasteiger partial charge is 0.157 e. The van der Waals surface area contributed by atoms with Crippen molar-refractivity contribution in [2.24, 2.45) is 5.73 Å². The molecule has 18 heavy (non-hydrogen) atoms. The Morgan fingerprint density at radius 3 is 2.50 bits per heavy atom. The minimum absolute atomic E-state index is 0.119. The molecule has 1 aliphatic carbocycles. The number of benzene rings is 1. The minimum Gasteiger partial charge on any atom is -0.326 e. The van der Waals surface area contributed by atoms with Gasteiger partial charge in [0.2, 0.25) is 0 Å². The van der Waals surface area contributed by atoms with E-state index in [1.807, 2.05) is 25.1 Å². The molecule has 0 amide bonds. The average Bonchev–Trinajstić information content (AvgIpc) is 2.86. The number of hydrogen-bond donors (Lipinski definition) is 1. The summed E-state index contributed by atoms with van der Waals surface area (Å²) in [5.74, 6) is 0.175. The molecule has 1 aromatic rings. The molecule has 100 valence electrons. The van der Waals surface area contributed by atoms with Gasteiger partial charge in [-0.3, -0.25) is 0 Å². The Balaban J connectivity index is 2.18. The molecule has 0 atom stereocenters. The Bertz CT molecular complexity index is 517. The Morgan fingerprint density at radius 1 is 1.28 bits per heavy atom. The van der Waals surface area contributed by atoms with Crippen LogP contribution < -0.4 is 5.73 Å². The van der Waals surface area contributed by atoms with Crippen LogP contribution in [-0.2, 0) is 22.1 Å². The lowest BCUT2D eigenvalue weighted by Crippen LogP contribution is -2.20. The van der Waals surface area contributed by atoms with Crippen LogP contribution in [0.5, 0.6) is 0 Å². The number of aryl methyl sites for hydroxylation is 1. The van der Waals surface area contributed by atoms with Crippen molar-refractivity contribution < 1.29 is 8.42 Å². The lowest BCUT2D eigenvalue weighted by atomic mass is 10.1. The first-order chi connectivity index (χ1) is 8.53. The summed E-state index contributed by atoms with van der Waals surface area (Å²) in [4.78, 5) is 0. The SMILES string of the molecule is Cc1cc(CN)ccc1CS(=O)(=O)C1CCCC1. The van der Waals surface area contributed by atoms with Crippen molar-refractivity contribution in [3.63, 3.8) is 0 Å². The highest BCUT2D eigenvalue weighted by atomic mass is 32.2. The van der Waals surface area contributed by atoms with Crippen molar-refractivity contribution in [2.75, 3.05) is 0 Å². The molecule has 0 aliphatic heterocycles. The van der Waals surface area contributed by atoms with Gasteiger partial charge in [-0.05, 0) is 36.5 Å². The number of hydrogen-bond acceptors (Lipinski definition) is 3. The molecule has 1 aliphatic rings. The maximum absolute atomic E-state index is 12.3. The second-order valence-electron chi connectivity index (χ2n) is 5.18. The van der Waals surface area contributed by atoms with Gasteiger partial charge in [-0.25, -0.2) is 8.42 Å². The van der Waals surface area contributed by atoms with Crippen LogP contribution in [0.1, 0.15) is 42.4 Å². The Kier molecular flexibility index (Phi) is 4.07. The molecular weight excluding hydrogens is 246 g/mol. The summed E-state index contributed by atoms with van der Waals surface area (Å²) < 4.78 is 24.6. The van der Waals surface area contributed by atoms with E-state index in [1.165, 1.54) is 0 Å². The second kappa shape index (κ2) is 5.41. The van der Waals surface area contributed by atoms with E-state index in [2.05, 4.69) is 0 Å². The number of rotatable bonds is 4. The zero-order valence-corrected chi connectivity index (χ0v) is 11.7. The van der Waals surface area contributed by atoms with Crippen LogP contribution in [0.2, 0.25) is 0 Å². The summed E-state index contributed by atoms with van der Waals surface area (Å²) in [6.45, 7) is 2.45. The third kappa shape index (κ3) is 2.93. The predicted octanol–water partition coefficient (Wildman–Crippen LogP) is 2.31. The highest BCUT2D eigenvalue weighted by Crippen LogP contribution is 2.27. The van der Waals surface area contributed by atoms with Gasteiger partial charge in [-0.2, -0.15) is 0 Å². The van der Waals surface area contributed by atoms with E-state index in [0.29, 0.717) is 6.54 Å². The molecule has 1 saturated carbocycles. The van der Waals surface area contributed by atoms with E-state index >= 15 is 0 Å². The lowest BCUT2D eigenvalue weighted by molar-refractivity contribution is 0.578. The Morgan fingerprint density at radius 2 is 1.94 bits per heavy atom. The van der Waals surface area contributed by atoms with Crippen LogP contribution in [0.15, 0.2) is 18.2 Å². The maximum atomic E-state index is 12.3. The van der Waals surface area contributed by atoms with Crippen LogP contribution in [-0.4, -0.2) is 13.7 Å². The monoisotopic (exact) mass is 267 g/mol. The fourth-order valence-electron chi connectivity index (χ4n) is 2.63. The molecule has 4 heteroatoms. The van der Waals surface area contributed by atoms with E-state index < -0.39 is 9.84 Å². The van der Waals surface area contributed by atoms with Crippen LogP contribution in [0.3, 0.4) is 0 Å². The van der Waals surface area contributed by atoms with Gasteiger partial charge in [-0.1, -0.05) is 31.0 Å². The minimum atomic E-state index is -2.99. The highest BCUT2D eigenvalue weighted by Gasteiger charge is 2.28. The highest BCUT2D eigenvalue weighted by molar-refractivity contribution is 7.91. The largest absolute Gasteiger partial charge is 0.326 e. The van der Waals surface area contributed by atoms with Crippen molar-refractivity contribution in [1.29, 1.82) is 0 Å². The van der Waals surface area contributed by atoms with E-state index in [-0.39, 0.29) is 11.0 Å². The Hall–Kier alpha value is -0.870. The van der Waals surface area contributed by atoms with Gasteiger partial charge in [0.15, 0.2) is 9.84 Å². The van der Waals surface area contributed by atoms with Gasteiger partial charge < -0.3 is 5.73 Å². The van der Waals surface area contributed by atoms with Crippen molar-refractivity contribution in [2.45, 2.75) is 50.2 Å². The zero-order chi connectivity index (χ0) is 13.2. The van der Waals surface area contributed by atoms with Gasteiger partial charge in [0.05, 0.1) is 11.0 Å². The molecule has 0 bridgehead atoms. The van der Waals surface area contributed by atoms with Crippen molar-refractivity contribution in [1.82, 2.24) is 0 Å². The third-order valence-electron chi connectivity index (χ3n) is 3.81. The molecule has 0 heterocycles. The molecule has 0 aromatic heterocycles. The van der Waals surface area contributed by atoms with Gasteiger partial charge >= 0.3 is 0 Å². The zero-order valence-electron chi connectivity index (χ0n) is 10.9. The van der Waals surface area contributed by atoms with Crippen LogP contribution in [0, 0.1) is 6.92 Å². The van der Waals surface area contributed by atoms with Gasteiger partial charge in [-0.15, -0.1) is 0 Å². The van der Waals surface area contributed by atoms with Gasteiger partial charge in [0.25, 0.3) is 0 Å². The summed E-state index contributed by atoms with van der Waals surface area (Å²) in [7, 11) is -2.99. The lowest BCUT2D eigenvalue weighted by Gasteiger charge is -2.13. The standard InChI is InChI=1S/C14H21NO2S/c1-11-8-12(9-15)6-7-13(11)10-18(16,17)14-4-2-3-5-14/h6-8,14H,2-5,9-10,15H2,1H3. The molecule has 2 N–H and O–H groups in total. The molecular formula is C14H21NO2S. The van der Waals surface area contributed by atoms with Crippen LogP contribution in [0.4, 0.5) is 0 Å². The maximum Gasteiger partial charge on any atom is 0.157 e. The first-order valence-electron chi connectivity index (χ1n) is 6.53. The Labute approximate surface area is 109 Å². The molecule has 3 nitrogen and oxygen atoms in total. The van der Waals surface area contributed by atoms with E-state index in [4.69, 9.17) is 5.73 Å². The fourth-order valence-corrected chi connectivity index (χ4v) is 4.67. The molecule has 1 aromatic carbocycles. The van der Waals surface area contributed by atoms with Crippen LogP contribution in [0.25, 0.3) is 0 Å². The van der Waals surface area contributed by atoms with Crippen molar-refractivity contribution >= 4 is 9.84 Å². The molecule has 0 saturated heterocycles. The first-order valence-corrected chi connectivity index (χ1v) is 8.24. The summed E-state index contributed by atoms with van der Waals surface area (Å²) in [6, 6.07) is 5.82. The normalized spacial score (nSPS) is 17.2. The number of sulfone groups is 1. The summed E-state index contributed by atoms with van der Waals surface area (Å²) in [5.41, 5.74) is 8.57. The van der Waals surface area contributed by atoms with E-state index in [0.717, 1.165) is 42.4 Å². The van der Waals surface area contributed by atoms with E-state index in [1.54, 1.807) is 0 Å². The molecule has 2 rings (SSSR count). The third-order valence-corrected chi connectivity index (χ3v) is 6.01. The number of nitrogens with two attached hydrogens (primary N) is 1. The van der Waals surface area contributed by atoms with Gasteiger partial charge in [0.1, 0.15) is 0 Å². The predicted molar refractivity (Wildman–Crippen MR) is 74.0 cm³/mol. The summed E-state index contributed by atoms with van der Waals surface area (Å²) in [5, 5.41) is -0.119. The topological polar surface area (TPSA) is 60.2 Å². The average molecular weight is 267 g/mol. The van der Waals surface area contributed by atoms with E-state index in [9.17, 15) is 8.42 Å². The molecule has 0 unspecified atom stereocenters. The first kappa shape index (κ1) is 13.6. The molecule has 0 spiro atoms. The fraction of sp³-hybridized carbons (Fsp3) is 0.571. The van der Waals surface area contributed by atoms with Crippen molar-refractivity contribution in [3.8, 4) is 0 Å². The summed E-state index contributed by atoms with van der Waals surface area (Å²) >= 11 is 0. The molecule has 1 fully saturated rings. The molecule has 0 radical (unpaired) electrons. The second-order valence-corrected chi connectivity index (χ2v) is 7.46. The van der Waals surface area contributed by atoms with Crippen molar-refractivity contribution in [3.05, 3.63) is 34.9 Å². The quantitative estimate of drug-likeness (QED) is 0.910.